The molecule has 0 spiro atoms. The number of fused-ring (bicyclic) bond motifs is 1. The van der Waals surface area contributed by atoms with Gasteiger partial charge in [-0.15, -0.1) is 0 Å². The van der Waals surface area contributed by atoms with E-state index in [1.165, 1.54) is 11.1 Å². The molecule has 7 heteroatoms. The number of hydrogen-bond acceptors (Lipinski definition) is 4. The highest BCUT2D eigenvalue weighted by Crippen LogP contribution is 2.25. The Morgan fingerprint density at radius 1 is 0.939 bits per heavy atom. The van der Waals surface area contributed by atoms with E-state index in [0.717, 1.165) is 31.6 Å². The summed E-state index contributed by atoms with van der Waals surface area (Å²) < 4.78 is 0. The fraction of sp³-hybridized carbons (Fsp3) is 0.423. The number of anilines is 1. The third-order valence-corrected chi connectivity index (χ3v) is 6.63. The summed E-state index contributed by atoms with van der Waals surface area (Å²) in [6.07, 6.45) is 2.44. The molecule has 7 nitrogen and oxygen atoms in total. The van der Waals surface area contributed by atoms with E-state index in [1.807, 2.05) is 0 Å². The van der Waals surface area contributed by atoms with Crippen molar-refractivity contribution in [2.24, 2.45) is 0 Å². The van der Waals surface area contributed by atoms with Crippen LogP contribution in [0, 0.1) is 0 Å². The Balaban J connectivity index is 1.23. The van der Waals surface area contributed by atoms with Crippen molar-refractivity contribution < 1.29 is 14.4 Å². The Hall–Kier alpha value is -3.19. The van der Waals surface area contributed by atoms with E-state index in [2.05, 4.69) is 53.6 Å². The second-order valence-electron chi connectivity index (χ2n) is 9.41. The van der Waals surface area contributed by atoms with Crippen LogP contribution >= 0.6 is 0 Å². The molecule has 1 fully saturated rings. The van der Waals surface area contributed by atoms with Gasteiger partial charge in [-0.05, 0) is 62.1 Å². The first-order chi connectivity index (χ1) is 15.8. The van der Waals surface area contributed by atoms with E-state index < -0.39 is 0 Å². The smallest absolute Gasteiger partial charge is 0.251 e. The summed E-state index contributed by atoms with van der Waals surface area (Å²) in [5.41, 5.74) is 3.81. The zero-order valence-corrected chi connectivity index (χ0v) is 19.4. The minimum Gasteiger partial charge on any atom is -0.353 e. The van der Waals surface area contributed by atoms with Crippen LogP contribution in [0.3, 0.4) is 0 Å². The third kappa shape index (κ3) is 5.42. The highest BCUT2D eigenvalue weighted by atomic mass is 16.2. The standard InChI is InChI=1S/C26H32N4O3/c1-26(2,29-15-13-19-6-3-4-7-21(19)17-29)18-28-23(31)16-27-25(33)20-9-11-22(12-10-20)30-14-5-8-24(30)32/h3-4,6-7,9-12H,5,8,13-18H2,1-2H3,(H,27,33)(H,28,31). The largest absolute Gasteiger partial charge is 0.353 e. The van der Waals surface area contributed by atoms with Gasteiger partial charge < -0.3 is 15.5 Å². The predicted octanol–water partition coefficient (Wildman–Crippen LogP) is 2.50. The van der Waals surface area contributed by atoms with Gasteiger partial charge in [-0.2, -0.15) is 0 Å². The van der Waals surface area contributed by atoms with Gasteiger partial charge in [-0.25, -0.2) is 0 Å². The first-order valence-electron chi connectivity index (χ1n) is 11.6. The van der Waals surface area contributed by atoms with Crippen LogP contribution in [-0.2, 0) is 22.6 Å². The maximum absolute atomic E-state index is 12.4. The molecule has 2 aromatic rings. The lowest BCUT2D eigenvalue weighted by Gasteiger charge is -2.41. The van der Waals surface area contributed by atoms with Gasteiger partial charge in [0.2, 0.25) is 11.8 Å². The number of nitrogens with one attached hydrogen (secondary N) is 2. The normalized spacial score (nSPS) is 16.4. The molecule has 0 radical (unpaired) electrons. The Labute approximate surface area is 195 Å². The topological polar surface area (TPSA) is 81.8 Å². The maximum atomic E-state index is 12.4. The van der Waals surface area contributed by atoms with Crippen molar-refractivity contribution in [3.05, 3.63) is 65.2 Å². The first-order valence-corrected chi connectivity index (χ1v) is 11.6. The highest BCUT2D eigenvalue weighted by molar-refractivity contribution is 5.98. The molecule has 2 aliphatic rings. The van der Waals surface area contributed by atoms with Crippen molar-refractivity contribution in [1.29, 1.82) is 0 Å². The fourth-order valence-corrected chi connectivity index (χ4v) is 4.48. The first kappa shape index (κ1) is 23.0. The van der Waals surface area contributed by atoms with Crippen molar-refractivity contribution in [3.63, 3.8) is 0 Å². The number of carbonyl (C=O) groups excluding carboxylic acids is 3. The molecule has 2 aliphatic heterocycles. The Morgan fingerprint density at radius 2 is 1.67 bits per heavy atom. The molecule has 0 aromatic heterocycles. The molecule has 2 heterocycles. The van der Waals surface area contributed by atoms with E-state index >= 15 is 0 Å². The lowest BCUT2D eigenvalue weighted by atomic mass is 9.94. The van der Waals surface area contributed by atoms with Gasteiger partial charge >= 0.3 is 0 Å². The van der Waals surface area contributed by atoms with Crippen molar-refractivity contribution in [2.45, 2.75) is 45.2 Å². The number of benzene rings is 2. The van der Waals surface area contributed by atoms with Crippen molar-refractivity contribution in [3.8, 4) is 0 Å². The monoisotopic (exact) mass is 448 g/mol. The summed E-state index contributed by atoms with van der Waals surface area (Å²) in [4.78, 5) is 40.8. The number of amides is 3. The van der Waals surface area contributed by atoms with E-state index in [4.69, 9.17) is 0 Å². The number of nitrogens with zero attached hydrogens (tertiary/aromatic N) is 2. The van der Waals surface area contributed by atoms with Crippen LogP contribution in [0.2, 0.25) is 0 Å². The van der Waals surface area contributed by atoms with E-state index in [0.29, 0.717) is 25.1 Å². The van der Waals surface area contributed by atoms with Gasteiger partial charge in [0.15, 0.2) is 0 Å². The second kappa shape index (κ2) is 9.75. The molecule has 3 amide bonds. The summed E-state index contributed by atoms with van der Waals surface area (Å²) in [6.45, 7) is 7.22. The Kier molecular flexibility index (Phi) is 6.79. The van der Waals surface area contributed by atoms with E-state index in [9.17, 15) is 14.4 Å². The SMILES string of the molecule is CC(C)(CNC(=O)CNC(=O)c1ccc(N2CCCC2=O)cc1)N1CCc2ccccc2C1. The number of rotatable bonds is 7. The molecular weight excluding hydrogens is 416 g/mol. The lowest BCUT2D eigenvalue weighted by molar-refractivity contribution is -0.120. The molecule has 0 atom stereocenters. The van der Waals surface area contributed by atoms with Crippen LogP contribution in [0.4, 0.5) is 5.69 Å². The molecule has 0 saturated carbocycles. The fourth-order valence-electron chi connectivity index (χ4n) is 4.48. The van der Waals surface area contributed by atoms with Crippen LogP contribution in [-0.4, -0.2) is 54.3 Å². The van der Waals surface area contributed by atoms with Gasteiger partial charge in [-0.1, -0.05) is 24.3 Å². The zero-order chi connectivity index (χ0) is 23.4. The Morgan fingerprint density at radius 3 is 2.36 bits per heavy atom. The summed E-state index contributed by atoms with van der Waals surface area (Å²) >= 11 is 0. The van der Waals surface area contributed by atoms with Crippen molar-refractivity contribution in [2.75, 3.05) is 31.1 Å². The van der Waals surface area contributed by atoms with Crippen LogP contribution in [0.5, 0.6) is 0 Å². The molecular formula is C26H32N4O3. The molecule has 33 heavy (non-hydrogen) atoms. The van der Waals surface area contributed by atoms with Crippen LogP contribution in [0.15, 0.2) is 48.5 Å². The quantitative estimate of drug-likeness (QED) is 0.682. The van der Waals surface area contributed by atoms with Crippen molar-refractivity contribution in [1.82, 2.24) is 15.5 Å². The zero-order valence-electron chi connectivity index (χ0n) is 19.4. The molecule has 0 unspecified atom stereocenters. The number of hydrogen-bond donors (Lipinski definition) is 2. The van der Waals surface area contributed by atoms with Gasteiger partial charge in [0.25, 0.3) is 5.91 Å². The lowest BCUT2D eigenvalue weighted by Crippen LogP contribution is -2.54. The van der Waals surface area contributed by atoms with Gasteiger partial charge in [0.1, 0.15) is 0 Å². The maximum Gasteiger partial charge on any atom is 0.251 e. The second-order valence-corrected chi connectivity index (χ2v) is 9.41. The van der Waals surface area contributed by atoms with Gasteiger partial charge in [0, 0.05) is 49.4 Å². The van der Waals surface area contributed by atoms with Gasteiger partial charge in [0.05, 0.1) is 6.54 Å². The predicted molar refractivity (Wildman–Crippen MR) is 128 cm³/mol. The molecule has 0 bridgehead atoms. The molecule has 2 aromatic carbocycles. The summed E-state index contributed by atoms with van der Waals surface area (Å²) in [7, 11) is 0. The summed E-state index contributed by atoms with van der Waals surface area (Å²) in [6, 6.07) is 15.4. The van der Waals surface area contributed by atoms with Crippen molar-refractivity contribution >= 4 is 23.4 Å². The minimum atomic E-state index is -0.309. The average molecular weight is 449 g/mol. The highest BCUT2D eigenvalue weighted by Gasteiger charge is 2.30. The van der Waals surface area contributed by atoms with Crippen LogP contribution < -0.4 is 15.5 Å². The van der Waals surface area contributed by atoms with Crippen LogP contribution in [0.25, 0.3) is 0 Å². The van der Waals surface area contributed by atoms with E-state index in [1.54, 1.807) is 29.2 Å². The van der Waals surface area contributed by atoms with Crippen LogP contribution in [0.1, 0.15) is 48.2 Å². The summed E-state index contributed by atoms with van der Waals surface area (Å²) in [5.74, 6) is -0.412. The third-order valence-electron chi connectivity index (χ3n) is 6.63. The molecule has 2 N–H and O–H groups in total. The average Bonchev–Trinajstić information content (AvgIpc) is 3.26. The van der Waals surface area contributed by atoms with Gasteiger partial charge in [-0.3, -0.25) is 19.3 Å². The van der Waals surface area contributed by atoms with E-state index in [-0.39, 0.29) is 29.8 Å². The summed E-state index contributed by atoms with van der Waals surface area (Å²) in [5, 5.41) is 5.64. The molecule has 0 aliphatic carbocycles. The Bertz CT molecular complexity index is 1030. The molecule has 4 rings (SSSR count). The number of carbonyl (C=O) groups is 3. The minimum absolute atomic E-state index is 0.0793. The molecule has 1 saturated heterocycles. The molecule has 174 valence electrons.